The number of hydrogen-bond donors (Lipinski definition) is 2. The molecule has 0 bridgehead atoms. The Morgan fingerprint density at radius 3 is 2.10 bits per heavy atom. The van der Waals surface area contributed by atoms with E-state index >= 15 is 0 Å². The minimum absolute atomic E-state index is 0.128. The number of hydrogen-bond acceptors (Lipinski definition) is 0. The van der Waals surface area contributed by atoms with Gasteiger partial charge in [0.25, 0.3) is 0 Å². The number of benzene rings is 1. The molecule has 2 aromatic rings. The molecule has 2 heterocycles. The van der Waals surface area contributed by atoms with Crippen LogP contribution in [0.4, 0.5) is 4.39 Å². The number of nitrogens with one attached hydrogen (secondary N) is 3. The average Bonchev–Trinajstić information content (AvgIpc) is 2.50. The molecular weight excluding hydrogens is 265 g/mol. The van der Waals surface area contributed by atoms with Crippen LogP contribution in [0.1, 0.15) is 11.1 Å². The van der Waals surface area contributed by atoms with Crippen molar-refractivity contribution in [1.82, 2.24) is 0 Å². The Hall–Kier alpha value is -1.78. The van der Waals surface area contributed by atoms with Crippen LogP contribution in [0.2, 0.25) is 0 Å². The summed E-state index contributed by atoms with van der Waals surface area (Å²) in [6.45, 7) is 6.72. The first-order valence-corrected chi connectivity index (χ1v) is 7.66. The van der Waals surface area contributed by atoms with E-state index in [2.05, 4.69) is 17.1 Å². The Morgan fingerprint density at radius 2 is 1.48 bits per heavy atom. The van der Waals surface area contributed by atoms with Crippen LogP contribution in [0.5, 0.6) is 0 Å². The van der Waals surface area contributed by atoms with E-state index in [0.717, 1.165) is 31.7 Å². The van der Waals surface area contributed by atoms with Crippen molar-refractivity contribution in [3.63, 3.8) is 0 Å². The highest BCUT2D eigenvalue weighted by Gasteiger charge is 2.23. The van der Waals surface area contributed by atoms with Gasteiger partial charge in [0.2, 0.25) is 0 Å². The third kappa shape index (κ3) is 4.09. The summed E-state index contributed by atoms with van der Waals surface area (Å²) >= 11 is 0. The number of halogens is 1. The summed E-state index contributed by atoms with van der Waals surface area (Å²) in [6, 6.07) is 11.3. The Morgan fingerprint density at radius 1 is 0.857 bits per heavy atom. The number of rotatable bonds is 4. The molecule has 0 aliphatic carbocycles. The van der Waals surface area contributed by atoms with Crippen LogP contribution in [-0.4, -0.2) is 26.2 Å². The zero-order chi connectivity index (χ0) is 14.5. The molecule has 0 radical (unpaired) electrons. The topological polar surface area (TPSA) is 23.0 Å². The molecule has 1 saturated heterocycles. The summed E-state index contributed by atoms with van der Waals surface area (Å²) in [6.07, 6.45) is 3.97. The van der Waals surface area contributed by atoms with Gasteiger partial charge in [-0.3, -0.25) is 0 Å². The third-order valence-corrected chi connectivity index (χ3v) is 4.25. The van der Waals surface area contributed by atoms with Crippen molar-refractivity contribution < 1.29 is 19.2 Å². The zero-order valence-corrected chi connectivity index (χ0v) is 12.2. The first-order chi connectivity index (χ1) is 10.3. The van der Waals surface area contributed by atoms with E-state index in [-0.39, 0.29) is 5.82 Å². The van der Waals surface area contributed by atoms with Crippen molar-refractivity contribution >= 4 is 0 Å². The molecule has 0 atom stereocenters. The smallest absolute Gasteiger partial charge is 0.167 e. The zero-order valence-electron chi connectivity index (χ0n) is 12.2. The van der Waals surface area contributed by atoms with Crippen LogP contribution in [-0.2, 0) is 13.1 Å². The van der Waals surface area contributed by atoms with Crippen molar-refractivity contribution in [2.24, 2.45) is 0 Å². The van der Waals surface area contributed by atoms with E-state index < -0.39 is 0 Å². The molecule has 1 aromatic heterocycles. The molecule has 1 aliphatic rings. The van der Waals surface area contributed by atoms with Crippen molar-refractivity contribution in [2.45, 2.75) is 13.1 Å². The van der Waals surface area contributed by atoms with Crippen molar-refractivity contribution in [2.75, 3.05) is 26.2 Å². The number of H-pyrrole nitrogens is 1. The summed E-state index contributed by atoms with van der Waals surface area (Å²) in [4.78, 5) is 6.27. The first kappa shape index (κ1) is 14.2. The predicted molar refractivity (Wildman–Crippen MR) is 78.2 cm³/mol. The van der Waals surface area contributed by atoms with Gasteiger partial charge in [-0.05, 0) is 12.1 Å². The Balaban J connectivity index is 1.49. The fourth-order valence-electron chi connectivity index (χ4n) is 3.07. The van der Waals surface area contributed by atoms with Gasteiger partial charge in [-0.1, -0.05) is 12.1 Å². The van der Waals surface area contributed by atoms with Gasteiger partial charge in [-0.25, -0.2) is 9.37 Å². The van der Waals surface area contributed by atoms with Gasteiger partial charge >= 0.3 is 0 Å². The molecule has 0 unspecified atom stereocenters. The predicted octanol–water partition coefficient (Wildman–Crippen LogP) is -0.877. The van der Waals surface area contributed by atoms with E-state index in [0.29, 0.717) is 0 Å². The molecule has 3 nitrogen and oxygen atoms in total. The lowest BCUT2D eigenvalue weighted by Gasteiger charge is -2.29. The minimum atomic E-state index is -0.128. The molecule has 0 saturated carbocycles. The Kier molecular flexibility index (Phi) is 4.58. The van der Waals surface area contributed by atoms with Crippen molar-refractivity contribution in [1.29, 1.82) is 0 Å². The van der Waals surface area contributed by atoms with Crippen LogP contribution in [0.3, 0.4) is 0 Å². The highest BCUT2D eigenvalue weighted by molar-refractivity contribution is 5.15. The molecule has 4 heteroatoms. The lowest BCUT2D eigenvalue weighted by Crippen LogP contribution is -3.27. The quantitative estimate of drug-likeness (QED) is 0.730. The van der Waals surface area contributed by atoms with Crippen LogP contribution in [0.15, 0.2) is 48.8 Å². The van der Waals surface area contributed by atoms with E-state index in [9.17, 15) is 4.39 Å². The summed E-state index contributed by atoms with van der Waals surface area (Å²) in [5.41, 5.74) is 2.49. The number of aromatic nitrogens is 1. The van der Waals surface area contributed by atoms with Crippen molar-refractivity contribution in [3.05, 3.63) is 65.7 Å². The van der Waals surface area contributed by atoms with Gasteiger partial charge in [0.05, 0.1) is 0 Å². The Labute approximate surface area is 125 Å². The highest BCUT2D eigenvalue weighted by atomic mass is 19.1. The van der Waals surface area contributed by atoms with Crippen LogP contribution < -0.4 is 14.8 Å². The first-order valence-electron chi connectivity index (χ1n) is 7.66. The van der Waals surface area contributed by atoms with Crippen LogP contribution >= 0.6 is 0 Å². The molecule has 1 aliphatic heterocycles. The molecule has 0 amide bonds. The highest BCUT2D eigenvalue weighted by Crippen LogP contribution is 2.01. The second-order valence-electron chi connectivity index (χ2n) is 5.89. The number of aromatic amines is 1. The largest absolute Gasteiger partial charge is 0.322 e. The molecule has 21 heavy (non-hydrogen) atoms. The molecule has 3 N–H and O–H groups in total. The Bertz CT molecular complexity index is 565. The molecule has 1 aromatic carbocycles. The van der Waals surface area contributed by atoms with Gasteiger partial charge < -0.3 is 9.80 Å². The maximum absolute atomic E-state index is 13.2. The lowest BCUT2D eigenvalue weighted by molar-refractivity contribution is -1.02. The van der Waals surface area contributed by atoms with Gasteiger partial charge in [-0.15, -0.1) is 0 Å². The molecular formula is C17H23FN3+3. The third-order valence-electron chi connectivity index (χ3n) is 4.25. The second kappa shape index (κ2) is 6.78. The fourth-order valence-corrected chi connectivity index (χ4v) is 3.07. The average molecular weight is 288 g/mol. The summed E-state index contributed by atoms with van der Waals surface area (Å²) in [5, 5.41) is 0. The van der Waals surface area contributed by atoms with Gasteiger partial charge in [0.15, 0.2) is 12.4 Å². The summed E-state index contributed by atoms with van der Waals surface area (Å²) in [5.74, 6) is -0.128. The normalized spacial score (nSPS) is 22.1. The lowest BCUT2D eigenvalue weighted by atomic mass is 10.2. The standard InChI is InChI=1S/C17H20FN3/c18-17-3-1-2-16(12-17)14-21-10-8-20(9-11-21)13-15-4-6-19-7-5-15/h1-7,12H,8-11,13-14H2/p+3. The summed E-state index contributed by atoms with van der Waals surface area (Å²) in [7, 11) is 0. The van der Waals surface area contributed by atoms with E-state index in [4.69, 9.17) is 0 Å². The molecule has 0 spiro atoms. The fraction of sp³-hybridized carbons (Fsp3) is 0.353. The number of piperazine rings is 1. The SMILES string of the molecule is Fc1cccc(C[NH+]2CC[NH+](Cc3cc[nH+]cc3)CC2)c1. The van der Waals surface area contributed by atoms with Crippen LogP contribution in [0, 0.1) is 5.82 Å². The van der Waals surface area contributed by atoms with Crippen LogP contribution in [0.25, 0.3) is 0 Å². The molecule has 3 rings (SSSR count). The maximum atomic E-state index is 13.2. The van der Waals surface area contributed by atoms with Gasteiger partial charge in [0, 0.05) is 23.3 Å². The minimum Gasteiger partial charge on any atom is -0.322 e. The van der Waals surface area contributed by atoms with Gasteiger partial charge in [0.1, 0.15) is 45.1 Å². The van der Waals surface area contributed by atoms with Gasteiger partial charge in [-0.2, -0.15) is 0 Å². The van der Waals surface area contributed by atoms with Crippen molar-refractivity contribution in [3.8, 4) is 0 Å². The monoisotopic (exact) mass is 288 g/mol. The maximum Gasteiger partial charge on any atom is 0.167 e. The second-order valence-corrected chi connectivity index (χ2v) is 5.89. The molecule has 110 valence electrons. The van der Waals surface area contributed by atoms with E-state index in [1.54, 1.807) is 21.9 Å². The summed E-state index contributed by atoms with van der Waals surface area (Å²) < 4.78 is 13.2. The number of pyridine rings is 1. The molecule has 1 fully saturated rings. The van der Waals surface area contributed by atoms with E-state index in [1.807, 2.05) is 18.5 Å². The van der Waals surface area contributed by atoms with E-state index in [1.165, 1.54) is 24.7 Å². The number of quaternary nitrogens is 2.